The van der Waals surface area contributed by atoms with Crippen molar-refractivity contribution in [2.24, 2.45) is 0 Å². The molecule has 0 aliphatic heterocycles. The van der Waals surface area contributed by atoms with Gasteiger partial charge in [-0.05, 0) is 37.4 Å². The average molecular weight is 263 g/mol. The molecule has 18 heavy (non-hydrogen) atoms. The maximum atomic E-state index is 11.0. The van der Waals surface area contributed by atoms with Crippen molar-refractivity contribution in [2.75, 3.05) is 5.32 Å². The predicted octanol–water partition coefficient (Wildman–Crippen LogP) is 2.48. The maximum absolute atomic E-state index is 11.0. The van der Waals surface area contributed by atoms with Crippen molar-refractivity contribution < 1.29 is 9.90 Å². The van der Waals surface area contributed by atoms with Crippen molar-refractivity contribution in [1.82, 2.24) is 10.2 Å². The molecule has 0 aliphatic rings. The van der Waals surface area contributed by atoms with E-state index in [2.05, 4.69) is 15.5 Å². The first-order valence-corrected chi connectivity index (χ1v) is 6.26. The summed E-state index contributed by atoms with van der Waals surface area (Å²) in [6.07, 6.45) is 0. The van der Waals surface area contributed by atoms with Gasteiger partial charge in [0.1, 0.15) is 17.1 Å². The van der Waals surface area contributed by atoms with Gasteiger partial charge in [-0.25, -0.2) is 4.79 Å². The highest BCUT2D eigenvalue weighted by atomic mass is 32.1. The fourth-order valence-electron chi connectivity index (χ4n) is 1.33. The van der Waals surface area contributed by atoms with Gasteiger partial charge in [-0.3, -0.25) is 0 Å². The number of hydrogen-bond donors (Lipinski definition) is 2. The first kappa shape index (κ1) is 12.5. The first-order valence-electron chi connectivity index (χ1n) is 5.38. The fourth-order valence-corrected chi connectivity index (χ4v) is 2.02. The van der Waals surface area contributed by atoms with Gasteiger partial charge in [0.2, 0.25) is 0 Å². The van der Waals surface area contributed by atoms with Crippen LogP contribution < -0.4 is 5.32 Å². The molecule has 0 saturated heterocycles. The highest BCUT2D eigenvalue weighted by Gasteiger charge is 2.27. The molecular formula is C12H13N3O2S. The number of rotatable bonds is 4. The molecule has 0 spiro atoms. The number of carboxylic acids is 1. The van der Waals surface area contributed by atoms with Crippen LogP contribution in [0.3, 0.4) is 0 Å². The minimum Gasteiger partial charge on any atom is -0.480 e. The largest absolute Gasteiger partial charge is 0.480 e. The summed E-state index contributed by atoms with van der Waals surface area (Å²) in [6.45, 7) is 3.15. The topological polar surface area (TPSA) is 75.1 Å². The second-order valence-electron chi connectivity index (χ2n) is 4.34. The zero-order valence-corrected chi connectivity index (χ0v) is 10.9. The number of thiophene rings is 1. The Hall–Kier alpha value is -1.95. The van der Waals surface area contributed by atoms with Crippen LogP contribution in [0.1, 0.15) is 13.8 Å². The normalized spacial score (nSPS) is 11.2. The van der Waals surface area contributed by atoms with Gasteiger partial charge in [-0.1, -0.05) is 6.07 Å². The molecule has 0 unspecified atom stereocenters. The predicted molar refractivity (Wildman–Crippen MR) is 70.7 cm³/mol. The molecule has 5 nitrogen and oxygen atoms in total. The van der Waals surface area contributed by atoms with Crippen molar-refractivity contribution in [1.29, 1.82) is 0 Å². The second-order valence-corrected chi connectivity index (χ2v) is 5.28. The molecule has 94 valence electrons. The van der Waals surface area contributed by atoms with Crippen molar-refractivity contribution >= 4 is 23.1 Å². The van der Waals surface area contributed by atoms with Gasteiger partial charge in [-0.15, -0.1) is 21.5 Å². The van der Waals surface area contributed by atoms with Crippen molar-refractivity contribution in [3.63, 3.8) is 0 Å². The molecule has 2 N–H and O–H groups in total. The highest BCUT2D eigenvalue weighted by Crippen LogP contribution is 2.22. The van der Waals surface area contributed by atoms with Crippen molar-refractivity contribution in [3.05, 3.63) is 29.6 Å². The highest BCUT2D eigenvalue weighted by molar-refractivity contribution is 7.13. The zero-order chi connectivity index (χ0) is 13.2. The summed E-state index contributed by atoms with van der Waals surface area (Å²) in [5.41, 5.74) is -0.289. The number of carbonyl (C=O) groups is 1. The van der Waals surface area contributed by atoms with E-state index in [0.29, 0.717) is 5.82 Å². The van der Waals surface area contributed by atoms with E-state index in [4.69, 9.17) is 5.11 Å². The lowest BCUT2D eigenvalue weighted by Crippen LogP contribution is -2.40. The van der Waals surface area contributed by atoms with Gasteiger partial charge in [0.15, 0.2) is 0 Å². The smallest absolute Gasteiger partial charge is 0.328 e. The lowest BCUT2D eigenvalue weighted by atomic mass is 10.1. The maximum Gasteiger partial charge on any atom is 0.328 e. The summed E-state index contributed by atoms with van der Waals surface area (Å²) < 4.78 is 0. The van der Waals surface area contributed by atoms with Crippen molar-refractivity contribution in [3.8, 4) is 10.6 Å². The number of nitrogens with zero attached hydrogens (tertiary/aromatic N) is 2. The van der Waals surface area contributed by atoms with Crippen LogP contribution >= 0.6 is 11.3 Å². The Balaban J connectivity index is 2.16. The minimum atomic E-state index is -1.07. The standard InChI is InChI=1S/C12H13N3O2S/c1-12(2,11(16)17)13-10-6-5-8(14-15-10)9-4-3-7-18-9/h3-7H,1-2H3,(H,13,15)(H,16,17). The third-order valence-corrected chi connectivity index (χ3v) is 3.31. The van der Waals surface area contributed by atoms with E-state index >= 15 is 0 Å². The molecule has 2 rings (SSSR count). The van der Waals surface area contributed by atoms with Crippen LogP contribution in [0.4, 0.5) is 5.82 Å². The lowest BCUT2D eigenvalue weighted by molar-refractivity contribution is -0.141. The summed E-state index contributed by atoms with van der Waals surface area (Å²) in [7, 11) is 0. The molecule has 0 atom stereocenters. The fraction of sp³-hybridized carbons (Fsp3) is 0.250. The summed E-state index contributed by atoms with van der Waals surface area (Å²) in [6, 6.07) is 7.45. The summed E-state index contributed by atoms with van der Waals surface area (Å²) in [5, 5.41) is 21.8. The molecule has 0 radical (unpaired) electrons. The van der Waals surface area contributed by atoms with Gasteiger partial charge in [0, 0.05) is 0 Å². The quantitative estimate of drug-likeness (QED) is 0.886. The number of nitrogens with one attached hydrogen (secondary N) is 1. The SMILES string of the molecule is CC(C)(Nc1ccc(-c2cccs2)nn1)C(=O)O. The monoisotopic (exact) mass is 263 g/mol. The average Bonchev–Trinajstić information content (AvgIpc) is 2.83. The molecule has 0 fully saturated rings. The Morgan fingerprint density at radius 1 is 1.33 bits per heavy atom. The molecule has 0 saturated carbocycles. The van der Waals surface area contributed by atoms with Crippen LogP contribution in [-0.4, -0.2) is 26.8 Å². The molecule has 2 aromatic heterocycles. The molecule has 0 bridgehead atoms. The van der Waals surface area contributed by atoms with E-state index in [9.17, 15) is 4.79 Å². The molecule has 2 aromatic rings. The Labute approximate surface area is 109 Å². The Morgan fingerprint density at radius 2 is 2.11 bits per heavy atom. The third-order valence-electron chi connectivity index (χ3n) is 2.41. The Morgan fingerprint density at radius 3 is 2.61 bits per heavy atom. The molecule has 0 amide bonds. The summed E-state index contributed by atoms with van der Waals surface area (Å²) >= 11 is 1.58. The van der Waals surface area contributed by atoms with Gasteiger partial charge in [0.05, 0.1) is 4.88 Å². The third kappa shape index (κ3) is 2.65. The van der Waals surface area contributed by atoms with Crippen LogP contribution in [-0.2, 0) is 4.79 Å². The van der Waals surface area contributed by atoms with Gasteiger partial charge < -0.3 is 10.4 Å². The van der Waals surface area contributed by atoms with Crippen LogP contribution in [0, 0.1) is 0 Å². The molecule has 0 aromatic carbocycles. The Bertz CT molecular complexity index is 535. The van der Waals surface area contributed by atoms with Crippen LogP contribution in [0.15, 0.2) is 29.6 Å². The van der Waals surface area contributed by atoms with Crippen LogP contribution in [0.25, 0.3) is 10.6 Å². The van der Waals surface area contributed by atoms with E-state index in [-0.39, 0.29) is 0 Å². The summed E-state index contributed by atoms with van der Waals surface area (Å²) in [5.74, 6) is -0.491. The van der Waals surface area contributed by atoms with E-state index in [1.165, 1.54) is 0 Å². The van der Waals surface area contributed by atoms with E-state index in [1.807, 2.05) is 23.6 Å². The second kappa shape index (κ2) is 4.73. The van der Waals surface area contributed by atoms with E-state index in [0.717, 1.165) is 10.6 Å². The van der Waals surface area contributed by atoms with Gasteiger partial charge >= 0.3 is 5.97 Å². The molecule has 6 heteroatoms. The van der Waals surface area contributed by atoms with Crippen LogP contribution in [0.5, 0.6) is 0 Å². The van der Waals surface area contributed by atoms with Crippen molar-refractivity contribution in [2.45, 2.75) is 19.4 Å². The number of carboxylic acid groups (broad SMARTS) is 1. The first-order chi connectivity index (χ1) is 8.49. The lowest BCUT2D eigenvalue weighted by Gasteiger charge is -2.21. The van der Waals surface area contributed by atoms with Gasteiger partial charge in [-0.2, -0.15) is 0 Å². The summed E-state index contributed by atoms with van der Waals surface area (Å²) in [4.78, 5) is 12.0. The number of aliphatic carboxylic acids is 1. The van der Waals surface area contributed by atoms with Gasteiger partial charge in [0.25, 0.3) is 0 Å². The molecule has 2 heterocycles. The minimum absolute atomic E-state index is 0.447. The number of anilines is 1. The molecular weight excluding hydrogens is 250 g/mol. The van der Waals surface area contributed by atoms with E-state index < -0.39 is 11.5 Å². The number of aromatic nitrogens is 2. The van der Waals surface area contributed by atoms with Crippen LogP contribution in [0.2, 0.25) is 0 Å². The number of hydrogen-bond acceptors (Lipinski definition) is 5. The van der Waals surface area contributed by atoms with E-state index in [1.54, 1.807) is 31.3 Å². The zero-order valence-electron chi connectivity index (χ0n) is 10.0. The molecule has 0 aliphatic carbocycles. The Kier molecular flexibility index (Phi) is 3.29.